The molecule has 0 N–H and O–H groups in total. The summed E-state index contributed by atoms with van der Waals surface area (Å²) >= 11 is 0. The number of ether oxygens (including phenoxy) is 1. The molecule has 0 radical (unpaired) electrons. The maximum Gasteiger partial charge on any atom is 0.158 e. The first-order valence-electron chi connectivity index (χ1n) is 5.27. The molecule has 0 aromatic carbocycles. The molecule has 0 unspecified atom stereocenters. The standard InChI is InChI=1S/C12H20N2O/c1-8(2)10-9(15-6)7-13-11(14-10)12(3,4)5/h7-8H,1-6H3. The lowest BCUT2D eigenvalue weighted by atomic mass is 9.95. The minimum Gasteiger partial charge on any atom is -0.493 e. The summed E-state index contributed by atoms with van der Waals surface area (Å²) in [5.74, 6) is 1.99. The van der Waals surface area contributed by atoms with Crippen LogP contribution in [0.3, 0.4) is 0 Å². The van der Waals surface area contributed by atoms with Gasteiger partial charge in [0, 0.05) is 5.41 Å². The third-order valence-corrected chi connectivity index (χ3v) is 2.22. The van der Waals surface area contributed by atoms with E-state index in [4.69, 9.17) is 4.74 Å². The average Bonchev–Trinajstić information content (AvgIpc) is 2.15. The summed E-state index contributed by atoms with van der Waals surface area (Å²) in [4.78, 5) is 8.91. The molecular weight excluding hydrogens is 188 g/mol. The third-order valence-electron chi connectivity index (χ3n) is 2.22. The molecule has 0 saturated carbocycles. The summed E-state index contributed by atoms with van der Waals surface area (Å²) in [6.45, 7) is 10.5. The van der Waals surface area contributed by atoms with Crippen LogP contribution in [0.5, 0.6) is 5.75 Å². The number of hydrogen-bond acceptors (Lipinski definition) is 3. The van der Waals surface area contributed by atoms with E-state index in [-0.39, 0.29) is 5.41 Å². The molecule has 0 bridgehead atoms. The Morgan fingerprint density at radius 3 is 2.27 bits per heavy atom. The first kappa shape index (κ1) is 12.0. The topological polar surface area (TPSA) is 35.0 Å². The number of methoxy groups -OCH3 is 1. The van der Waals surface area contributed by atoms with Crippen molar-refractivity contribution in [2.24, 2.45) is 0 Å². The van der Waals surface area contributed by atoms with E-state index in [2.05, 4.69) is 44.6 Å². The predicted molar refractivity (Wildman–Crippen MR) is 61.4 cm³/mol. The van der Waals surface area contributed by atoms with Gasteiger partial charge in [-0.05, 0) is 5.92 Å². The normalized spacial score (nSPS) is 11.9. The maximum atomic E-state index is 5.25. The van der Waals surface area contributed by atoms with Crippen LogP contribution in [0.1, 0.15) is 52.1 Å². The lowest BCUT2D eigenvalue weighted by Gasteiger charge is -2.19. The van der Waals surface area contributed by atoms with Gasteiger partial charge in [-0.1, -0.05) is 34.6 Å². The first-order chi connectivity index (χ1) is 6.86. The van der Waals surface area contributed by atoms with Gasteiger partial charge in [0.2, 0.25) is 0 Å². The Labute approximate surface area is 91.9 Å². The van der Waals surface area contributed by atoms with Gasteiger partial charge >= 0.3 is 0 Å². The molecule has 0 saturated heterocycles. The van der Waals surface area contributed by atoms with Crippen LogP contribution in [0.15, 0.2) is 6.20 Å². The third kappa shape index (κ3) is 2.67. The molecule has 1 heterocycles. The molecule has 84 valence electrons. The van der Waals surface area contributed by atoms with Crippen molar-refractivity contribution in [2.75, 3.05) is 7.11 Å². The van der Waals surface area contributed by atoms with Crippen LogP contribution in [0.4, 0.5) is 0 Å². The molecule has 1 aromatic heterocycles. The van der Waals surface area contributed by atoms with Crippen LogP contribution in [-0.4, -0.2) is 17.1 Å². The zero-order valence-corrected chi connectivity index (χ0v) is 10.5. The quantitative estimate of drug-likeness (QED) is 0.749. The van der Waals surface area contributed by atoms with E-state index in [0.29, 0.717) is 5.92 Å². The summed E-state index contributed by atoms with van der Waals surface area (Å²) in [5, 5.41) is 0. The first-order valence-corrected chi connectivity index (χ1v) is 5.27. The fourth-order valence-electron chi connectivity index (χ4n) is 1.32. The van der Waals surface area contributed by atoms with Crippen molar-refractivity contribution in [1.29, 1.82) is 0 Å². The summed E-state index contributed by atoms with van der Waals surface area (Å²) in [7, 11) is 1.65. The van der Waals surface area contributed by atoms with E-state index in [0.717, 1.165) is 17.3 Å². The zero-order valence-electron chi connectivity index (χ0n) is 10.5. The van der Waals surface area contributed by atoms with Gasteiger partial charge < -0.3 is 4.74 Å². The molecule has 3 heteroatoms. The van der Waals surface area contributed by atoms with Gasteiger partial charge in [-0.2, -0.15) is 0 Å². The molecule has 0 aliphatic carbocycles. The summed E-state index contributed by atoms with van der Waals surface area (Å²) < 4.78 is 5.25. The van der Waals surface area contributed by atoms with Crippen molar-refractivity contribution in [2.45, 2.75) is 46.0 Å². The molecule has 0 fully saturated rings. The summed E-state index contributed by atoms with van der Waals surface area (Å²) in [6, 6.07) is 0. The Bertz CT molecular complexity index is 340. The largest absolute Gasteiger partial charge is 0.493 e. The minimum absolute atomic E-state index is 0.0179. The lowest BCUT2D eigenvalue weighted by molar-refractivity contribution is 0.397. The molecular formula is C12H20N2O. The van der Waals surface area contributed by atoms with Crippen LogP contribution in [0.25, 0.3) is 0 Å². The van der Waals surface area contributed by atoms with E-state index in [1.165, 1.54) is 0 Å². The van der Waals surface area contributed by atoms with E-state index < -0.39 is 0 Å². The summed E-state index contributed by atoms with van der Waals surface area (Å²) in [6.07, 6.45) is 1.77. The molecule has 0 amide bonds. The Morgan fingerprint density at radius 1 is 1.27 bits per heavy atom. The maximum absolute atomic E-state index is 5.25. The Kier molecular flexibility index (Phi) is 3.32. The Morgan fingerprint density at radius 2 is 1.87 bits per heavy atom. The van der Waals surface area contributed by atoms with Crippen LogP contribution in [-0.2, 0) is 5.41 Å². The molecule has 3 nitrogen and oxygen atoms in total. The zero-order chi connectivity index (χ0) is 11.6. The highest BCUT2D eigenvalue weighted by atomic mass is 16.5. The van der Waals surface area contributed by atoms with E-state index in [9.17, 15) is 0 Å². The van der Waals surface area contributed by atoms with Crippen molar-refractivity contribution in [3.05, 3.63) is 17.7 Å². The molecule has 0 spiro atoms. The fourth-order valence-corrected chi connectivity index (χ4v) is 1.32. The highest BCUT2D eigenvalue weighted by Crippen LogP contribution is 2.26. The molecule has 0 aliphatic heterocycles. The van der Waals surface area contributed by atoms with Crippen molar-refractivity contribution in [3.8, 4) is 5.75 Å². The van der Waals surface area contributed by atoms with Crippen molar-refractivity contribution >= 4 is 0 Å². The molecule has 15 heavy (non-hydrogen) atoms. The predicted octanol–water partition coefficient (Wildman–Crippen LogP) is 2.91. The van der Waals surface area contributed by atoms with E-state index >= 15 is 0 Å². The number of aromatic nitrogens is 2. The number of nitrogens with zero attached hydrogens (tertiary/aromatic N) is 2. The van der Waals surface area contributed by atoms with E-state index in [1.807, 2.05) is 0 Å². The van der Waals surface area contributed by atoms with Crippen molar-refractivity contribution < 1.29 is 4.74 Å². The van der Waals surface area contributed by atoms with Gasteiger partial charge in [-0.15, -0.1) is 0 Å². The molecule has 1 rings (SSSR count). The number of rotatable bonds is 2. The summed E-state index contributed by atoms with van der Waals surface area (Å²) in [5.41, 5.74) is 0.966. The lowest BCUT2D eigenvalue weighted by Crippen LogP contribution is -2.17. The highest BCUT2D eigenvalue weighted by molar-refractivity contribution is 5.28. The smallest absolute Gasteiger partial charge is 0.158 e. The minimum atomic E-state index is -0.0179. The van der Waals surface area contributed by atoms with Crippen LogP contribution >= 0.6 is 0 Å². The van der Waals surface area contributed by atoms with Gasteiger partial charge in [0.05, 0.1) is 19.0 Å². The highest BCUT2D eigenvalue weighted by Gasteiger charge is 2.20. The van der Waals surface area contributed by atoms with Crippen molar-refractivity contribution in [3.63, 3.8) is 0 Å². The average molecular weight is 208 g/mol. The van der Waals surface area contributed by atoms with Crippen molar-refractivity contribution in [1.82, 2.24) is 9.97 Å². The van der Waals surface area contributed by atoms with E-state index in [1.54, 1.807) is 13.3 Å². The fraction of sp³-hybridized carbons (Fsp3) is 0.667. The second-order valence-electron chi connectivity index (χ2n) is 5.05. The Hall–Kier alpha value is -1.12. The SMILES string of the molecule is COc1cnc(C(C)(C)C)nc1C(C)C. The van der Waals surface area contributed by atoms with Gasteiger partial charge in [0.1, 0.15) is 5.82 Å². The van der Waals surface area contributed by atoms with Gasteiger partial charge in [-0.3, -0.25) is 0 Å². The van der Waals surface area contributed by atoms with Gasteiger partial charge in [0.25, 0.3) is 0 Å². The monoisotopic (exact) mass is 208 g/mol. The van der Waals surface area contributed by atoms with Crippen LogP contribution < -0.4 is 4.74 Å². The van der Waals surface area contributed by atoms with Gasteiger partial charge in [-0.25, -0.2) is 9.97 Å². The molecule has 1 aromatic rings. The van der Waals surface area contributed by atoms with Gasteiger partial charge in [0.15, 0.2) is 5.75 Å². The van der Waals surface area contributed by atoms with Crippen LogP contribution in [0.2, 0.25) is 0 Å². The number of hydrogen-bond donors (Lipinski definition) is 0. The second-order valence-corrected chi connectivity index (χ2v) is 5.05. The Balaban J connectivity index is 3.22. The van der Waals surface area contributed by atoms with Crippen LogP contribution in [0, 0.1) is 0 Å². The molecule has 0 aliphatic rings. The molecule has 0 atom stereocenters. The second kappa shape index (κ2) is 4.17.